The minimum atomic E-state index is -4.87. The summed E-state index contributed by atoms with van der Waals surface area (Å²) >= 11 is 0. The first-order valence-corrected chi connectivity index (χ1v) is 13.1. The fourth-order valence-corrected chi connectivity index (χ4v) is 6.42. The molecule has 1 saturated carbocycles. The van der Waals surface area contributed by atoms with Crippen LogP contribution in [-0.2, 0) is 22.9 Å². The van der Waals surface area contributed by atoms with E-state index in [0.717, 1.165) is 59.6 Å². The SMILES string of the molecule is O=S(=O)(N[C@H]1CC[C@@H](N2c3ccccc3CCc3ccccc32)[C@@H]1O)c1ccc(OC(F)(F)F)cc1. The molecule has 0 aromatic heterocycles. The topological polar surface area (TPSA) is 78.9 Å². The molecule has 0 radical (unpaired) electrons. The van der Waals surface area contributed by atoms with E-state index in [0.29, 0.717) is 12.8 Å². The third-order valence-electron chi connectivity index (χ3n) is 6.75. The summed E-state index contributed by atoms with van der Waals surface area (Å²) < 4.78 is 69.5. The van der Waals surface area contributed by atoms with Gasteiger partial charge >= 0.3 is 6.36 Å². The van der Waals surface area contributed by atoms with Gasteiger partial charge in [-0.2, -0.15) is 0 Å². The first-order chi connectivity index (χ1) is 17.1. The number of benzene rings is 3. The maximum atomic E-state index is 13.0. The van der Waals surface area contributed by atoms with Crippen molar-refractivity contribution in [1.29, 1.82) is 0 Å². The molecule has 0 spiro atoms. The van der Waals surface area contributed by atoms with Gasteiger partial charge in [-0.25, -0.2) is 13.1 Å². The molecular weight excluding hydrogens is 493 g/mol. The van der Waals surface area contributed by atoms with Gasteiger partial charge in [0.15, 0.2) is 0 Å². The van der Waals surface area contributed by atoms with Crippen LogP contribution in [0, 0.1) is 0 Å². The highest BCUT2D eigenvalue weighted by Gasteiger charge is 2.42. The molecule has 3 atom stereocenters. The largest absolute Gasteiger partial charge is 0.573 e. The summed E-state index contributed by atoms with van der Waals surface area (Å²) in [4.78, 5) is 1.91. The van der Waals surface area contributed by atoms with Gasteiger partial charge in [-0.3, -0.25) is 0 Å². The molecule has 5 rings (SSSR count). The summed E-state index contributed by atoms with van der Waals surface area (Å²) in [5.41, 5.74) is 4.31. The molecule has 2 aliphatic rings. The molecule has 0 saturated heterocycles. The van der Waals surface area contributed by atoms with Gasteiger partial charge in [-0.15, -0.1) is 13.2 Å². The molecule has 190 valence electrons. The molecule has 36 heavy (non-hydrogen) atoms. The van der Waals surface area contributed by atoms with E-state index >= 15 is 0 Å². The van der Waals surface area contributed by atoms with Gasteiger partial charge in [0.25, 0.3) is 0 Å². The quantitative estimate of drug-likeness (QED) is 0.512. The Hall–Kier alpha value is -3.08. The van der Waals surface area contributed by atoms with Crippen LogP contribution in [0.2, 0.25) is 0 Å². The smallest absolute Gasteiger partial charge is 0.406 e. The number of aliphatic hydroxyl groups excluding tert-OH is 1. The zero-order valence-corrected chi connectivity index (χ0v) is 20.0. The predicted molar refractivity (Wildman–Crippen MR) is 129 cm³/mol. The molecule has 0 unspecified atom stereocenters. The van der Waals surface area contributed by atoms with Crippen molar-refractivity contribution in [2.24, 2.45) is 0 Å². The normalized spacial score (nSPS) is 22.0. The molecule has 1 heterocycles. The lowest BCUT2D eigenvalue weighted by Gasteiger charge is -2.35. The first kappa shape index (κ1) is 24.6. The van der Waals surface area contributed by atoms with Crippen molar-refractivity contribution >= 4 is 21.4 Å². The highest BCUT2D eigenvalue weighted by Crippen LogP contribution is 2.41. The number of aryl methyl sites for hydroxylation is 2. The Morgan fingerprint density at radius 3 is 1.97 bits per heavy atom. The van der Waals surface area contributed by atoms with Gasteiger partial charge in [0.1, 0.15) is 5.75 Å². The Bertz CT molecular complexity index is 1300. The lowest BCUT2D eigenvalue weighted by Crippen LogP contribution is -2.47. The molecule has 1 fully saturated rings. The molecule has 1 aliphatic heterocycles. The van der Waals surface area contributed by atoms with Crippen molar-refractivity contribution in [2.75, 3.05) is 4.90 Å². The maximum absolute atomic E-state index is 13.0. The van der Waals surface area contributed by atoms with Gasteiger partial charge < -0.3 is 14.7 Å². The van der Waals surface area contributed by atoms with Crippen molar-refractivity contribution < 1.29 is 31.4 Å². The van der Waals surface area contributed by atoms with Crippen molar-refractivity contribution in [2.45, 2.75) is 55.1 Å². The van der Waals surface area contributed by atoms with Crippen LogP contribution in [0.4, 0.5) is 24.5 Å². The highest BCUT2D eigenvalue weighted by atomic mass is 32.2. The number of hydrogen-bond acceptors (Lipinski definition) is 5. The van der Waals surface area contributed by atoms with E-state index in [4.69, 9.17) is 0 Å². The van der Waals surface area contributed by atoms with Crippen molar-refractivity contribution in [3.05, 3.63) is 83.9 Å². The molecule has 3 aromatic rings. The Labute approximate surface area is 207 Å². The number of aliphatic hydroxyl groups is 1. The fourth-order valence-electron chi connectivity index (χ4n) is 5.13. The van der Waals surface area contributed by atoms with Crippen LogP contribution in [0.1, 0.15) is 24.0 Å². The first-order valence-electron chi connectivity index (χ1n) is 11.6. The maximum Gasteiger partial charge on any atom is 0.573 e. The Morgan fingerprint density at radius 1 is 0.861 bits per heavy atom. The highest BCUT2D eigenvalue weighted by molar-refractivity contribution is 7.89. The second-order valence-corrected chi connectivity index (χ2v) is 10.7. The zero-order chi connectivity index (χ0) is 25.5. The zero-order valence-electron chi connectivity index (χ0n) is 19.1. The Morgan fingerprint density at radius 2 is 1.42 bits per heavy atom. The predicted octanol–water partition coefficient (Wildman–Crippen LogP) is 4.69. The standard InChI is InChI=1S/C26H25F3N2O4S/c27-26(28,29)35-19-11-13-20(14-12-19)36(33,34)30-21-15-16-24(25(21)32)31-22-7-3-1-5-17(22)9-10-18-6-2-4-8-23(18)31/h1-8,11-14,21,24-25,30,32H,9-10,15-16H2/t21-,24+,25+/m0/s1. The third-order valence-corrected chi connectivity index (χ3v) is 8.26. The van der Waals surface area contributed by atoms with E-state index in [1.54, 1.807) is 0 Å². The number of ether oxygens (including phenoxy) is 1. The summed E-state index contributed by atoms with van der Waals surface area (Å²) in [6.07, 6.45) is -3.21. The molecular formula is C26H25F3N2O4S. The minimum Gasteiger partial charge on any atom is -0.406 e. The molecule has 10 heteroatoms. The molecule has 6 nitrogen and oxygen atoms in total. The number of hydrogen-bond donors (Lipinski definition) is 2. The van der Waals surface area contributed by atoms with Gasteiger partial charge in [0, 0.05) is 11.4 Å². The number of sulfonamides is 1. The van der Waals surface area contributed by atoms with Crippen LogP contribution >= 0.6 is 0 Å². The Kier molecular flexibility index (Phi) is 6.44. The van der Waals surface area contributed by atoms with Crippen LogP contribution in [0.5, 0.6) is 5.75 Å². The van der Waals surface area contributed by atoms with Gasteiger partial charge in [0.2, 0.25) is 10.0 Å². The third kappa shape index (κ3) is 4.93. The van der Waals surface area contributed by atoms with Crippen LogP contribution in [0.15, 0.2) is 77.7 Å². The second kappa shape index (κ2) is 9.42. The van der Waals surface area contributed by atoms with E-state index in [9.17, 15) is 26.7 Å². The van der Waals surface area contributed by atoms with E-state index in [1.807, 2.05) is 36.4 Å². The number of rotatable bonds is 5. The fraction of sp³-hybridized carbons (Fsp3) is 0.308. The van der Waals surface area contributed by atoms with Gasteiger partial charge in [-0.05, 0) is 73.2 Å². The molecule has 1 aliphatic carbocycles. The van der Waals surface area contributed by atoms with E-state index in [2.05, 4.69) is 26.5 Å². The van der Waals surface area contributed by atoms with E-state index < -0.39 is 34.3 Å². The molecule has 0 amide bonds. The van der Waals surface area contributed by atoms with Crippen LogP contribution in [-0.4, -0.2) is 38.1 Å². The number of alkyl halides is 3. The van der Waals surface area contributed by atoms with Crippen LogP contribution in [0.3, 0.4) is 0 Å². The summed E-state index contributed by atoms with van der Waals surface area (Å²) in [5, 5.41) is 11.3. The van der Waals surface area contributed by atoms with Crippen molar-refractivity contribution in [3.63, 3.8) is 0 Å². The Balaban J connectivity index is 1.39. The number of para-hydroxylation sites is 2. The average molecular weight is 519 g/mol. The summed E-state index contributed by atoms with van der Waals surface area (Å²) in [5.74, 6) is -0.513. The monoisotopic (exact) mass is 518 g/mol. The number of fused-ring (bicyclic) bond motifs is 2. The number of anilines is 2. The van der Waals surface area contributed by atoms with Crippen molar-refractivity contribution in [3.8, 4) is 5.75 Å². The minimum absolute atomic E-state index is 0.210. The van der Waals surface area contributed by atoms with Crippen LogP contribution in [0.25, 0.3) is 0 Å². The van der Waals surface area contributed by atoms with Gasteiger partial charge in [0.05, 0.1) is 23.1 Å². The molecule has 0 bridgehead atoms. The van der Waals surface area contributed by atoms with E-state index in [-0.39, 0.29) is 10.9 Å². The summed E-state index contributed by atoms with van der Waals surface area (Å²) in [6.45, 7) is 0. The van der Waals surface area contributed by atoms with E-state index in [1.165, 1.54) is 0 Å². The number of halogens is 3. The summed E-state index contributed by atoms with van der Waals surface area (Å²) in [7, 11) is -4.08. The number of nitrogens with one attached hydrogen (secondary N) is 1. The number of nitrogens with zero attached hydrogens (tertiary/aromatic N) is 1. The lowest BCUT2D eigenvalue weighted by atomic mass is 10.0. The summed E-state index contributed by atoms with van der Waals surface area (Å²) in [6, 6.07) is 18.9. The van der Waals surface area contributed by atoms with Crippen molar-refractivity contribution in [1.82, 2.24) is 4.72 Å². The lowest BCUT2D eigenvalue weighted by molar-refractivity contribution is -0.274. The van der Waals surface area contributed by atoms with Crippen LogP contribution < -0.4 is 14.4 Å². The molecule has 2 N–H and O–H groups in total. The second-order valence-electron chi connectivity index (χ2n) is 9.01. The molecule has 3 aromatic carbocycles. The van der Waals surface area contributed by atoms with Gasteiger partial charge in [-0.1, -0.05) is 36.4 Å². The average Bonchev–Trinajstić information content (AvgIpc) is 3.08.